The number of hydrogen-bond donors (Lipinski definition) is 1. The molecule has 2 heteroatoms. The molecule has 0 amide bonds. The van der Waals surface area contributed by atoms with E-state index in [1.54, 1.807) is 0 Å². The predicted octanol–water partition coefficient (Wildman–Crippen LogP) is 4.39. The van der Waals surface area contributed by atoms with Gasteiger partial charge in [0.25, 0.3) is 0 Å². The lowest BCUT2D eigenvalue weighted by molar-refractivity contribution is -0.131. The molecule has 0 heterocycles. The Kier molecular flexibility index (Phi) is 4.20. The lowest BCUT2D eigenvalue weighted by Crippen LogP contribution is -1.98. The first-order chi connectivity index (χ1) is 9.06. The fourth-order valence-electron chi connectivity index (χ4n) is 2.43. The number of carboxylic acid groups (broad SMARTS) is 1. The highest BCUT2D eigenvalue weighted by atomic mass is 16.4. The van der Waals surface area contributed by atoms with Gasteiger partial charge in [-0.05, 0) is 47.5 Å². The molecule has 0 aliphatic heterocycles. The van der Waals surface area contributed by atoms with Gasteiger partial charge in [0.05, 0.1) is 0 Å². The minimum atomic E-state index is -0.859. The molecule has 0 spiro atoms. The number of benzene rings is 1. The Morgan fingerprint density at radius 2 is 1.89 bits per heavy atom. The third kappa shape index (κ3) is 3.57. The van der Waals surface area contributed by atoms with E-state index >= 15 is 0 Å². The Hall–Kier alpha value is -1.83. The molecular formula is C17H20O2. The average molecular weight is 256 g/mol. The molecule has 0 aromatic heterocycles. The van der Waals surface area contributed by atoms with Crippen LogP contribution < -0.4 is 0 Å². The number of rotatable bonds is 3. The summed E-state index contributed by atoms with van der Waals surface area (Å²) in [5, 5.41) is 8.81. The maximum absolute atomic E-state index is 10.7. The fraction of sp³-hybridized carbons (Fsp3) is 0.353. The van der Waals surface area contributed by atoms with E-state index in [2.05, 4.69) is 38.1 Å². The van der Waals surface area contributed by atoms with Crippen molar-refractivity contribution in [1.82, 2.24) is 0 Å². The molecule has 0 atom stereocenters. The topological polar surface area (TPSA) is 37.3 Å². The van der Waals surface area contributed by atoms with Crippen LogP contribution >= 0.6 is 0 Å². The third-order valence-electron chi connectivity index (χ3n) is 3.53. The molecule has 1 aromatic carbocycles. The molecule has 0 bridgehead atoms. The van der Waals surface area contributed by atoms with Crippen molar-refractivity contribution < 1.29 is 9.90 Å². The second-order valence-electron chi connectivity index (χ2n) is 5.36. The smallest absolute Gasteiger partial charge is 0.328 e. The van der Waals surface area contributed by atoms with E-state index in [4.69, 9.17) is 5.11 Å². The third-order valence-corrected chi connectivity index (χ3v) is 3.53. The fourth-order valence-corrected chi connectivity index (χ4v) is 2.43. The predicted molar refractivity (Wildman–Crippen MR) is 78.1 cm³/mol. The summed E-state index contributed by atoms with van der Waals surface area (Å²) >= 11 is 0. The number of carbonyl (C=O) groups is 1. The molecule has 19 heavy (non-hydrogen) atoms. The molecule has 2 rings (SSSR count). The first-order valence-corrected chi connectivity index (χ1v) is 6.80. The van der Waals surface area contributed by atoms with Gasteiger partial charge in [-0.2, -0.15) is 0 Å². The van der Waals surface area contributed by atoms with Crippen molar-refractivity contribution in [3.8, 4) is 0 Å². The second kappa shape index (κ2) is 5.87. The maximum Gasteiger partial charge on any atom is 0.328 e. The van der Waals surface area contributed by atoms with Crippen molar-refractivity contribution in [2.24, 2.45) is 0 Å². The summed E-state index contributed by atoms with van der Waals surface area (Å²) in [5.41, 5.74) is 4.71. The highest BCUT2D eigenvalue weighted by Gasteiger charge is 2.10. The van der Waals surface area contributed by atoms with Crippen molar-refractivity contribution >= 4 is 11.5 Å². The van der Waals surface area contributed by atoms with E-state index in [0.29, 0.717) is 5.92 Å². The van der Waals surface area contributed by atoms with E-state index < -0.39 is 5.97 Å². The monoisotopic (exact) mass is 256 g/mol. The minimum Gasteiger partial charge on any atom is -0.478 e. The number of hydrogen-bond acceptors (Lipinski definition) is 1. The number of carboxylic acids is 1. The summed E-state index contributed by atoms with van der Waals surface area (Å²) < 4.78 is 0. The van der Waals surface area contributed by atoms with Gasteiger partial charge in [0.2, 0.25) is 0 Å². The lowest BCUT2D eigenvalue weighted by atomic mass is 9.89. The summed E-state index contributed by atoms with van der Waals surface area (Å²) in [6.45, 7) is 4.37. The van der Waals surface area contributed by atoms with Gasteiger partial charge in [0, 0.05) is 6.08 Å². The maximum atomic E-state index is 10.7. The highest BCUT2D eigenvalue weighted by molar-refractivity contribution is 5.82. The van der Waals surface area contributed by atoms with E-state index in [0.717, 1.165) is 24.8 Å². The molecule has 1 aromatic rings. The molecule has 0 saturated heterocycles. The molecule has 1 aliphatic carbocycles. The molecule has 0 unspecified atom stereocenters. The molecular weight excluding hydrogens is 236 g/mol. The largest absolute Gasteiger partial charge is 0.478 e. The van der Waals surface area contributed by atoms with Crippen LogP contribution in [0.4, 0.5) is 0 Å². The van der Waals surface area contributed by atoms with Gasteiger partial charge in [0.1, 0.15) is 0 Å². The first-order valence-electron chi connectivity index (χ1n) is 6.80. The standard InChI is InChI=1S/C17H20O2/c1-12(2)14-6-8-15(9-7-14)16-5-3-4-13(10-16)11-17(18)19/h6-12H,3-5H2,1-2H3,(H,18,19). The van der Waals surface area contributed by atoms with E-state index in [1.165, 1.54) is 22.8 Å². The van der Waals surface area contributed by atoms with Gasteiger partial charge in [0.15, 0.2) is 0 Å². The number of allylic oxidation sites excluding steroid dienone is 3. The second-order valence-corrected chi connectivity index (χ2v) is 5.36. The summed E-state index contributed by atoms with van der Waals surface area (Å²) in [6.07, 6.45) is 6.26. The minimum absolute atomic E-state index is 0.539. The van der Waals surface area contributed by atoms with E-state index in [9.17, 15) is 4.79 Å². The van der Waals surface area contributed by atoms with Gasteiger partial charge in [-0.1, -0.05) is 44.2 Å². The van der Waals surface area contributed by atoms with Crippen LogP contribution in [-0.2, 0) is 4.79 Å². The molecule has 1 N–H and O–H groups in total. The first kappa shape index (κ1) is 13.6. The Bertz CT molecular complexity index is 519. The summed E-state index contributed by atoms with van der Waals surface area (Å²) in [5.74, 6) is -0.320. The van der Waals surface area contributed by atoms with Crippen LogP contribution in [0.15, 0.2) is 42.0 Å². The molecule has 0 radical (unpaired) electrons. The van der Waals surface area contributed by atoms with E-state index in [1.807, 2.05) is 6.08 Å². The Morgan fingerprint density at radius 1 is 1.21 bits per heavy atom. The van der Waals surface area contributed by atoms with Crippen molar-refractivity contribution in [2.75, 3.05) is 0 Å². The molecule has 2 nitrogen and oxygen atoms in total. The van der Waals surface area contributed by atoms with Crippen LogP contribution in [0.3, 0.4) is 0 Å². The Balaban J connectivity index is 2.25. The van der Waals surface area contributed by atoms with Crippen LogP contribution in [0.1, 0.15) is 50.2 Å². The summed E-state index contributed by atoms with van der Waals surface area (Å²) in [4.78, 5) is 10.7. The normalized spacial score (nSPS) is 17.6. The highest BCUT2D eigenvalue weighted by Crippen LogP contribution is 2.30. The lowest BCUT2D eigenvalue weighted by Gasteiger charge is -2.16. The van der Waals surface area contributed by atoms with Crippen molar-refractivity contribution in [3.05, 3.63) is 53.1 Å². The van der Waals surface area contributed by atoms with Crippen molar-refractivity contribution in [3.63, 3.8) is 0 Å². The molecule has 100 valence electrons. The SMILES string of the molecule is CC(C)c1ccc(C2=CC(=CC(=O)O)CCC2)cc1. The molecule has 0 saturated carbocycles. The average Bonchev–Trinajstić information content (AvgIpc) is 2.38. The van der Waals surface area contributed by atoms with Crippen molar-refractivity contribution in [1.29, 1.82) is 0 Å². The van der Waals surface area contributed by atoms with Crippen LogP contribution in [0.2, 0.25) is 0 Å². The summed E-state index contributed by atoms with van der Waals surface area (Å²) in [6, 6.07) is 8.61. The molecule has 1 aliphatic rings. The zero-order chi connectivity index (χ0) is 13.8. The quantitative estimate of drug-likeness (QED) is 0.814. The van der Waals surface area contributed by atoms with Gasteiger partial charge in [-0.3, -0.25) is 0 Å². The molecule has 0 fully saturated rings. The van der Waals surface area contributed by atoms with Gasteiger partial charge < -0.3 is 5.11 Å². The van der Waals surface area contributed by atoms with Crippen LogP contribution in [0.5, 0.6) is 0 Å². The van der Waals surface area contributed by atoms with Crippen molar-refractivity contribution in [2.45, 2.75) is 39.0 Å². The number of aliphatic carboxylic acids is 1. The van der Waals surface area contributed by atoms with Gasteiger partial charge >= 0.3 is 5.97 Å². The zero-order valence-electron chi connectivity index (χ0n) is 11.5. The van der Waals surface area contributed by atoms with Gasteiger partial charge in [-0.25, -0.2) is 4.79 Å². The Labute approximate surface area is 114 Å². The zero-order valence-corrected chi connectivity index (χ0v) is 11.5. The Morgan fingerprint density at radius 3 is 2.47 bits per heavy atom. The van der Waals surface area contributed by atoms with E-state index in [-0.39, 0.29) is 0 Å². The van der Waals surface area contributed by atoms with Crippen LogP contribution in [-0.4, -0.2) is 11.1 Å². The van der Waals surface area contributed by atoms with Crippen LogP contribution in [0.25, 0.3) is 5.57 Å². The summed E-state index contributed by atoms with van der Waals surface area (Å²) in [7, 11) is 0. The van der Waals surface area contributed by atoms with Crippen LogP contribution in [0, 0.1) is 0 Å². The van der Waals surface area contributed by atoms with Gasteiger partial charge in [-0.15, -0.1) is 0 Å².